The molecular formula is C13H22N4O2. The molecule has 1 rings (SSSR count). The molecule has 106 valence electrons. The van der Waals surface area contributed by atoms with Gasteiger partial charge in [-0.15, -0.1) is 10.2 Å². The Morgan fingerprint density at radius 2 is 2.16 bits per heavy atom. The normalized spacial score (nSPS) is 10.5. The maximum atomic E-state index is 11.5. The molecular weight excluding hydrogens is 244 g/mol. The first-order chi connectivity index (χ1) is 9.13. The molecule has 0 radical (unpaired) electrons. The molecule has 1 amide bonds. The van der Waals surface area contributed by atoms with Gasteiger partial charge < -0.3 is 15.4 Å². The van der Waals surface area contributed by atoms with Crippen molar-refractivity contribution in [2.75, 3.05) is 31.6 Å². The SMILES string of the molecule is CCNC(=O)c1ccc(NCCOCC(C)C)nn1. The van der Waals surface area contributed by atoms with Crippen molar-refractivity contribution in [1.29, 1.82) is 0 Å². The summed E-state index contributed by atoms with van der Waals surface area (Å²) >= 11 is 0. The summed E-state index contributed by atoms with van der Waals surface area (Å²) in [5.74, 6) is 0.971. The lowest BCUT2D eigenvalue weighted by atomic mass is 10.2. The van der Waals surface area contributed by atoms with Gasteiger partial charge in [-0.1, -0.05) is 13.8 Å². The molecule has 0 spiro atoms. The van der Waals surface area contributed by atoms with Crippen LogP contribution in [-0.4, -0.2) is 42.4 Å². The van der Waals surface area contributed by atoms with Gasteiger partial charge in [-0.2, -0.15) is 0 Å². The van der Waals surface area contributed by atoms with Gasteiger partial charge in [0.05, 0.1) is 6.61 Å². The zero-order chi connectivity index (χ0) is 14.1. The third-order valence-electron chi connectivity index (χ3n) is 2.24. The fourth-order valence-electron chi connectivity index (χ4n) is 1.37. The number of amides is 1. The van der Waals surface area contributed by atoms with Crippen LogP contribution in [0.2, 0.25) is 0 Å². The highest BCUT2D eigenvalue weighted by atomic mass is 16.5. The Balaban J connectivity index is 2.30. The quantitative estimate of drug-likeness (QED) is 0.694. The number of anilines is 1. The molecule has 0 saturated heterocycles. The predicted molar refractivity (Wildman–Crippen MR) is 74.2 cm³/mol. The van der Waals surface area contributed by atoms with E-state index in [1.807, 2.05) is 6.92 Å². The molecule has 0 aliphatic rings. The van der Waals surface area contributed by atoms with Crippen LogP contribution in [0.5, 0.6) is 0 Å². The highest BCUT2D eigenvalue weighted by molar-refractivity contribution is 5.92. The standard InChI is InChI=1S/C13H22N4O2/c1-4-14-13(18)11-5-6-12(17-16-11)15-7-8-19-9-10(2)3/h5-6,10H,4,7-9H2,1-3H3,(H,14,18)(H,15,17). The van der Waals surface area contributed by atoms with E-state index in [4.69, 9.17) is 4.74 Å². The maximum absolute atomic E-state index is 11.5. The number of hydrogen-bond donors (Lipinski definition) is 2. The van der Waals surface area contributed by atoms with E-state index in [9.17, 15) is 4.79 Å². The van der Waals surface area contributed by atoms with Crippen molar-refractivity contribution in [2.45, 2.75) is 20.8 Å². The molecule has 0 saturated carbocycles. The van der Waals surface area contributed by atoms with E-state index < -0.39 is 0 Å². The summed E-state index contributed by atoms with van der Waals surface area (Å²) in [4.78, 5) is 11.5. The maximum Gasteiger partial charge on any atom is 0.271 e. The number of nitrogens with one attached hydrogen (secondary N) is 2. The fraction of sp³-hybridized carbons (Fsp3) is 0.615. The van der Waals surface area contributed by atoms with Gasteiger partial charge in [0.25, 0.3) is 5.91 Å². The molecule has 1 aromatic rings. The van der Waals surface area contributed by atoms with E-state index in [1.165, 1.54) is 0 Å². The Kier molecular flexibility index (Phi) is 6.81. The first kappa shape index (κ1) is 15.4. The molecule has 0 aliphatic carbocycles. The van der Waals surface area contributed by atoms with Gasteiger partial charge in [0.1, 0.15) is 5.82 Å². The minimum absolute atomic E-state index is 0.207. The van der Waals surface area contributed by atoms with Crippen molar-refractivity contribution in [3.05, 3.63) is 17.8 Å². The number of carbonyl (C=O) groups excluding carboxylic acids is 1. The third kappa shape index (κ3) is 6.15. The average molecular weight is 266 g/mol. The van der Waals surface area contributed by atoms with Crippen LogP contribution in [0.4, 0.5) is 5.82 Å². The molecule has 2 N–H and O–H groups in total. The van der Waals surface area contributed by atoms with Crippen molar-refractivity contribution in [2.24, 2.45) is 5.92 Å². The van der Waals surface area contributed by atoms with Crippen LogP contribution in [0, 0.1) is 5.92 Å². The Morgan fingerprint density at radius 1 is 1.37 bits per heavy atom. The number of hydrogen-bond acceptors (Lipinski definition) is 5. The second-order valence-electron chi connectivity index (χ2n) is 4.56. The summed E-state index contributed by atoms with van der Waals surface area (Å²) in [5.41, 5.74) is 0.323. The molecule has 1 aromatic heterocycles. The largest absolute Gasteiger partial charge is 0.379 e. The third-order valence-corrected chi connectivity index (χ3v) is 2.24. The minimum Gasteiger partial charge on any atom is -0.379 e. The van der Waals surface area contributed by atoms with Crippen LogP contribution in [0.3, 0.4) is 0 Å². The van der Waals surface area contributed by atoms with Gasteiger partial charge in [-0.25, -0.2) is 0 Å². The monoisotopic (exact) mass is 266 g/mol. The van der Waals surface area contributed by atoms with Gasteiger partial charge in [-0.05, 0) is 25.0 Å². The summed E-state index contributed by atoms with van der Waals surface area (Å²) in [5, 5.41) is 13.6. The zero-order valence-electron chi connectivity index (χ0n) is 11.8. The van der Waals surface area contributed by atoms with E-state index in [0.717, 1.165) is 6.61 Å². The van der Waals surface area contributed by atoms with E-state index in [1.54, 1.807) is 12.1 Å². The lowest BCUT2D eigenvalue weighted by Gasteiger charge is -2.08. The second-order valence-corrected chi connectivity index (χ2v) is 4.56. The molecule has 0 aliphatic heterocycles. The number of ether oxygens (including phenoxy) is 1. The summed E-state index contributed by atoms with van der Waals surface area (Å²) in [6.07, 6.45) is 0. The predicted octanol–water partition coefficient (Wildman–Crippen LogP) is 1.31. The Labute approximate surface area is 113 Å². The smallest absolute Gasteiger partial charge is 0.271 e. The van der Waals surface area contributed by atoms with E-state index in [-0.39, 0.29) is 5.91 Å². The molecule has 6 heteroatoms. The van der Waals surface area contributed by atoms with Crippen LogP contribution >= 0.6 is 0 Å². The van der Waals surface area contributed by atoms with Gasteiger partial charge in [0, 0.05) is 19.7 Å². The van der Waals surface area contributed by atoms with Crippen molar-refractivity contribution in [3.63, 3.8) is 0 Å². The molecule has 0 unspecified atom stereocenters. The van der Waals surface area contributed by atoms with Crippen molar-refractivity contribution in [3.8, 4) is 0 Å². The highest BCUT2D eigenvalue weighted by Gasteiger charge is 2.06. The summed E-state index contributed by atoms with van der Waals surface area (Å²) in [7, 11) is 0. The van der Waals surface area contributed by atoms with Crippen LogP contribution in [0.15, 0.2) is 12.1 Å². The number of aromatic nitrogens is 2. The molecule has 1 heterocycles. The first-order valence-corrected chi connectivity index (χ1v) is 6.57. The van der Waals surface area contributed by atoms with Crippen LogP contribution < -0.4 is 10.6 Å². The second kappa shape index (κ2) is 8.42. The van der Waals surface area contributed by atoms with Gasteiger partial charge in [0.15, 0.2) is 5.69 Å². The fourth-order valence-corrected chi connectivity index (χ4v) is 1.37. The Morgan fingerprint density at radius 3 is 2.74 bits per heavy atom. The Bertz CT molecular complexity index is 379. The molecule has 6 nitrogen and oxygen atoms in total. The Hall–Kier alpha value is -1.69. The number of rotatable bonds is 8. The van der Waals surface area contributed by atoms with Gasteiger partial charge in [0.2, 0.25) is 0 Å². The number of nitrogens with zero attached hydrogens (tertiary/aromatic N) is 2. The molecule has 0 atom stereocenters. The van der Waals surface area contributed by atoms with E-state index in [2.05, 4.69) is 34.7 Å². The van der Waals surface area contributed by atoms with Crippen molar-refractivity contribution >= 4 is 11.7 Å². The summed E-state index contributed by atoms with van der Waals surface area (Å²) in [6.45, 7) is 8.70. The van der Waals surface area contributed by atoms with E-state index in [0.29, 0.717) is 37.1 Å². The average Bonchev–Trinajstić information content (AvgIpc) is 2.39. The van der Waals surface area contributed by atoms with Crippen molar-refractivity contribution < 1.29 is 9.53 Å². The minimum atomic E-state index is -0.207. The van der Waals surface area contributed by atoms with Crippen LogP contribution in [-0.2, 0) is 4.74 Å². The van der Waals surface area contributed by atoms with Crippen LogP contribution in [0.1, 0.15) is 31.3 Å². The lowest BCUT2D eigenvalue weighted by Crippen LogP contribution is -2.24. The molecule has 0 bridgehead atoms. The topological polar surface area (TPSA) is 76.1 Å². The highest BCUT2D eigenvalue weighted by Crippen LogP contribution is 2.01. The number of carbonyl (C=O) groups is 1. The summed E-state index contributed by atoms with van der Waals surface area (Å²) < 4.78 is 5.44. The van der Waals surface area contributed by atoms with Gasteiger partial charge in [-0.3, -0.25) is 4.79 Å². The lowest BCUT2D eigenvalue weighted by molar-refractivity contribution is 0.0950. The zero-order valence-corrected chi connectivity index (χ0v) is 11.8. The van der Waals surface area contributed by atoms with E-state index >= 15 is 0 Å². The molecule has 0 aromatic carbocycles. The van der Waals surface area contributed by atoms with Crippen LogP contribution in [0.25, 0.3) is 0 Å². The first-order valence-electron chi connectivity index (χ1n) is 6.57. The van der Waals surface area contributed by atoms with Gasteiger partial charge >= 0.3 is 0 Å². The molecule has 0 fully saturated rings. The molecule has 19 heavy (non-hydrogen) atoms. The summed E-state index contributed by atoms with van der Waals surface area (Å²) in [6, 6.07) is 3.38. The van der Waals surface area contributed by atoms with Crippen molar-refractivity contribution in [1.82, 2.24) is 15.5 Å².